The fourth-order valence-corrected chi connectivity index (χ4v) is 2.73. The molecule has 1 N–H and O–H groups in total. The van der Waals surface area contributed by atoms with Gasteiger partial charge in [0.2, 0.25) is 0 Å². The van der Waals surface area contributed by atoms with Gasteiger partial charge in [-0.1, -0.05) is 74.5 Å². The highest BCUT2D eigenvalue weighted by molar-refractivity contribution is 5.62. The Balaban J connectivity index is 1.94. The maximum atomic E-state index is 4.87. The lowest BCUT2D eigenvalue weighted by molar-refractivity contribution is 0.637. The lowest BCUT2D eigenvalue weighted by Gasteiger charge is -2.05. The monoisotopic (exact) mass is 290 g/mol. The van der Waals surface area contributed by atoms with Crippen LogP contribution in [0, 0.1) is 5.92 Å². The third-order valence-corrected chi connectivity index (χ3v) is 3.70. The summed E-state index contributed by atoms with van der Waals surface area (Å²) in [4.78, 5) is 8.42. The zero-order chi connectivity index (χ0) is 15.4. The minimum Gasteiger partial charge on any atom is -0.345 e. The SMILES string of the molecule is CC(C)Cc1[nH]c(Cc2ccccc2)nc1-c1ccccc1. The molecule has 2 aromatic carbocycles. The highest BCUT2D eigenvalue weighted by Crippen LogP contribution is 2.24. The fraction of sp³-hybridized carbons (Fsp3) is 0.250. The lowest BCUT2D eigenvalue weighted by Crippen LogP contribution is -1.97. The van der Waals surface area contributed by atoms with Gasteiger partial charge in [0, 0.05) is 17.7 Å². The summed E-state index contributed by atoms with van der Waals surface area (Å²) in [7, 11) is 0. The number of hydrogen-bond donors (Lipinski definition) is 1. The minimum atomic E-state index is 0.604. The van der Waals surface area contributed by atoms with Crippen LogP contribution in [0.3, 0.4) is 0 Å². The first-order chi connectivity index (χ1) is 10.7. The number of nitrogens with zero attached hydrogens (tertiary/aromatic N) is 1. The molecule has 0 aliphatic heterocycles. The summed E-state index contributed by atoms with van der Waals surface area (Å²) in [6.07, 6.45) is 1.87. The van der Waals surface area contributed by atoms with Crippen molar-refractivity contribution in [1.29, 1.82) is 0 Å². The average Bonchev–Trinajstić information content (AvgIpc) is 2.91. The molecule has 1 heterocycles. The molecule has 0 aliphatic rings. The summed E-state index contributed by atoms with van der Waals surface area (Å²) in [5.41, 5.74) is 4.81. The number of benzene rings is 2. The van der Waals surface area contributed by atoms with E-state index in [2.05, 4.69) is 67.4 Å². The van der Waals surface area contributed by atoms with Crippen LogP contribution in [0.2, 0.25) is 0 Å². The summed E-state index contributed by atoms with van der Waals surface area (Å²) in [6, 6.07) is 20.9. The van der Waals surface area contributed by atoms with Crippen molar-refractivity contribution >= 4 is 0 Å². The lowest BCUT2D eigenvalue weighted by atomic mass is 10.0. The van der Waals surface area contributed by atoms with Crippen molar-refractivity contribution in [2.24, 2.45) is 5.92 Å². The van der Waals surface area contributed by atoms with Crippen molar-refractivity contribution in [2.75, 3.05) is 0 Å². The van der Waals surface area contributed by atoms with E-state index >= 15 is 0 Å². The predicted molar refractivity (Wildman–Crippen MR) is 91.8 cm³/mol. The van der Waals surface area contributed by atoms with Crippen LogP contribution in [0.4, 0.5) is 0 Å². The van der Waals surface area contributed by atoms with Crippen molar-refractivity contribution in [3.05, 3.63) is 77.7 Å². The van der Waals surface area contributed by atoms with Crippen LogP contribution in [0.15, 0.2) is 60.7 Å². The molecule has 0 saturated heterocycles. The van der Waals surface area contributed by atoms with Crippen molar-refractivity contribution in [3.63, 3.8) is 0 Å². The molecule has 2 nitrogen and oxygen atoms in total. The van der Waals surface area contributed by atoms with E-state index in [1.165, 1.54) is 16.8 Å². The normalized spacial score (nSPS) is 11.0. The summed E-state index contributed by atoms with van der Waals surface area (Å²) in [5, 5.41) is 0. The molecule has 0 unspecified atom stereocenters. The molecule has 0 amide bonds. The van der Waals surface area contributed by atoms with E-state index in [9.17, 15) is 0 Å². The third-order valence-electron chi connectivity index (χ3n) is 3.70. The Kier molecular flexibility index (Phi) is 4.38. The Morgan fingerprint density at radius 1 is 0.909 bits per heavy atom. The molecule has 3 aromatic rings. The van der Waals surface area contributed by atoms with Crippen LogP contribution in [0.1, 0.15) is 30.9 Å². The molecule has 0 atom stereocenters. The number of aromatic amines is 1. The van der Waals surface area contributed by atoms with Gasteiger partial charge in [0.05, 0.1) is 5.69 Å². The Morgan fingerprint density at radius 2 is 1.55 bits per heavy atom. The van der Waals surface area contributed by atoms with Crippen LogP contribution in [0.25, 0.3) is 11.3 Å². The van der Waals surface area contributed by atoms with Gasteiger partial charge in [-0.3, -0.25) is 0 Å². The zero-order valence-electron chi connectivity index (χ0n) is 13.2. The van der Waals surface area contributed by atoms with E-state index in [1.807, 2.05) is 12.1 Å². The van der Waals surface area contributed by atoms with Crippen LogP contribution >= 0.6 is 0 Å². The van der Waals surface area contributed by atoms with Gasteiger partial charge in [-0.25, -0.2) is 4.98 Å². The number of nitrogens with one attached hydrogen (secondary N) is 1. The van der Waals surface area contributed by atoms with Crippen LogP contribution < -0.4 is 0 Å². The highest BCUT2D eigenvalue weighted by atomic mass is 14.9. The molecule has 2 heteroatoms. The van der Waals surface area contributed by atoms with Gasteiger partial charge >= 0.3 is 0 Å². The van der Waals surface area contributed by atoms with Crippen LogP contribution in [0.5, 0.6) is 0 Å². The molecule has 0 bridgehead atoms. The minimum absolute atomic E-state index is 0.604. The van der Waals surface area contributed by atoms with E-state index in [0.29, 0.717) is 5.92 Å². The highest BCUT2D eigenvalue weighted by Gasteiger charge is 2.13. The zero-order valence-corrected chi connectivity index (χ0v) is 13.2. The first-order valence-corrected chi connectivity index (χ1v) is 7.89. The molecule has 112 valence electrons. The Hall–Kier alpha value is -2.35. The van der Waals surface area contributed by atoms with E-state index in [4.69, 9.17) is 4.98 Å². The summed E-state index contributed by atoms with van der Waals surface area (Å²) < 4.78 is 0. The molecular formula is C20H22N2. The Labute approximate surface area is 132 Å². The van der Waals surface area contributed by atoms with Crippen molar-refractivity contribution in [2.45, 2.75) is 26.7 Å². The molecule has 0 radical (unpaired) electrons. The topological polar surface area (TPSA) is 28.7 Å². The number of H-pyrrole nitrogens is 1. The van der Waals surface area contributed by atoms with Gasteiger partial charge < -0.3 is 4.98 Å². The second-order valence-corrected chi connectivity index (χ2v) is 6.14. The smallest absolute Gasteiger partial charge is 0.111 e. The van der Waals surface area contributed by atoms with Gasteiger partial charge in [-0.05, 0) is 17.9 Å². The summed E-state index contributed by atoms with van der Waals surface area (Å²) >= 11 is 0. The van der Waals surface area contributed by atoms with Crippen LogP contribution in [-0.4, -0.2) is 9.97 Å². The molecule has 3 rings (SSSR count). The maximum Gasteiger partial charge on any atom is 0.111 e. The molecule has 0 fully saturated rings. The molecule has 22 heavy (non-hydrogen) atoms. The molecule has 0 saturated carbocycles. The fourth-order valence-electron chi connectivity index (χ4n) is 2.73. The third kappa shape index (κ3) is 3.45. The largest absolute Gasteiger partial charge is 0.345 e. The first kappa shape index (κ1) is 14.6. The first-order valence-electron chi connectivity index (χ1n) is 7.89. The van der Waals surface area contributed by atoms with E-state index in [1.54, 1.807) is 0 Å². The van der Waals surface area contributed by atoms with E-state index in [0.717, 1.165) is 24.4 Å². The van der Waals surface area contributed by atoms with Crippen molar-refractivity contribution < 1.29 is 0 Å². The Bertz CT molecular complexity index is 712. The van der Waals surface area contributed by atoms with Gasteiger partial charge in [0.15, 0.2) is 0 Å². The van der Waals surface area contributed by atoms with Gasteiger partial charge in [-0.15, -0.1) is 0 Å². The maximum absolute atomic E-state index is 4.87. The van der Waals surface area contributed by atoms with Gasteiger partial charge in [0.1, 0.15) is 5.82 Å². The van der Waals surface area contributed by atoms with Crippen molar-refractivity contribution in [3.8, 4) is 11.3 Å². The van der Waals surface area contributed by atoms with Gasteiger partial charge in [0.25, 0.3) is 0 Å². The predicted octanol–water partition coefficient (Wildman–Crippen LogP) is 4.87. The molecule has 0 aliphatic carbocycles. The second-order valence-electron chi connectivity index (χ2n) is 6.14. The van der Waals surface area contributed by atoms with E-state index in [-0.39, 0.29) is 0 Å². The summed E-state index contributed by atoms with van der Waals surface area (Å²) in [5.74, 6) is 1.65. The average molecular weight is 290 g/mol. The second kappa shape index (κ2) is 6.61. The standard InChI is InChI=1S/C20H22N2/c1-15(2)13-18-20(17-11-7-4-8-12-17)22-19(21-18)14-16-9-5-3-6-10-16/h3-12,15H,13-14H2,1-2H3,(H,21,22). The Morgan fingerprint density at radius 3 is 2.18 bits per heavy atom. The molecule has 1 aromatic heterocycles. The van der Waals surface area contributed by atoms with E-state index < -0.39 is 0 Å². The number of rotatable bonds is 5. The molecular weight excluding hydrogens is 268 g/mol. The summed E-state index contributed by atoms with van der Waals surface area (Å²) in [6.45, 7) is 4.49. The number of hydrogen-bond acceptors (Lipinski definition) is 1. The van der Waals surface area contributed by atoms with Crippen molar-refractivity contribution in [1.82, 2.24) is 9.97 Å². The quantitative estimate of drug-likeness (QED) is 0.713. The number of imidazole rings is 1. The van der Waals surface area contributed by atoms with Crippen LogP contribution in [-0.2, 0) is 12.8 Å². The van der Waals surface area contributed by atoms with Gasteiger partial charge in [-0.2, -0.15) is 0 Å². The number of aromatic nitrogens is 2. The molecule has 0 spiro atoms.